The first-order chi connectivity index (χ1) is 15.3. The number of benzene rings is 2. The maximum atomic E-state index is 13.4. The molecule has 0 aliphatic heterocycles. The number of aryl methyl sites for hydroxylation is 1. The molecule has 0 aliphatic rings. The highest BCUT2D eigenvalue weighted by Gasteiger charge is 2.27. The Kier molecular flexibility index (Phi) is 7.47. The molecule has 2 unspecified atom stereocenters. The standard InChI is InChI=1S/C22H23F2N5O2S/c1-4-13(3)18(26-21(31)25-15-9-10-16(23)17(24)11-15)19(30)27-22-29-28-20(32-22)14-7-5-12(2)6-8-14/h5-11,13,18H,4H2,1-3H3,(H2,25,26,31)(H,27,29,30). The Morgan fingerprint density at radius 1 is 1.03 bits per heavy atom. The van der Waals surface area contributed by atoms with Gasteiger partial charge in [-0.05, 0) is 25.0 Å². The van der Waals surface area contributed by atoms with Gasteiger partial charge in [0, 0.05) is 17.3 Å². The lowest BCUT2D eigenvalue weighted by Gasteiger charge is -2.23. The molecule has 0 bridgehead atoms. The molecule has 0 spiro atoms. The summed E-state index contributed by atoms with van der Waals surface area (Å²) in [5.41, 5.74) is 2.07. The topological polar surface area (TPSA) is 96.0 Å². The number of amides is 3. The lowest BCUT2D eigenvalue weighted by molar-refractivity contribution is -0.119. The van der Waals surface area contributed by atoms with Crippen LogP contribution < -0.4 is 16.0 Å². The predicted molar refractivity (Wildman–Crippen MR) is 120 cm³/mol. The first kappa shape index (κ1) is 23.3. The molecule has 1 heterocycles. The molecule has 3 aromatic rings. The lowest BCUT2D eigenvalue weighted by Crippen LogP contribution is -2.49. The molecule has 2 atom stereocenters. The van der Waals surface area contributed by atoms with Crippen LogP contribution in [0.5, 0.6) is 0 Å². The minimum Gasteiger partial charge on any atom is -0.326 e. The fourth-order valence-electron chi connectivity index (χ4n) is 2.85. The molecule has 168 valence electrons. The Hall–Kier alpha value is -3.40. The summed E-state index contributed by atoms with van der Waals surface area (Å²) in [7, 11) is 0. The summed E-state index contributed by atoms with van der Waals surface area (Å²) in [5, 5.41) is 16.8. The average Bonchev–Trinajstić information content (AvgIpc) is 3.23. The number of anilines is 2. The van der Waals surface area contributed by atoms with E-state index >= 15 is 0 Å². The summed E-state index contributed by atoms with van der Waals surface area (Å²) < 4.78 is 26.4. The van der Waals surface area contributed by atoms with Gasteiger partial charge >= 0.3 is 6.03 Å². The van der Waals surface area contributed by atoms with Gasteiger partial charge in [-0.15, -0.1) is 10.2 Å². The van der Waals surface area contributed by atoms with Gasteiger partial charge in [-0.25, -0.2) is 13.6 Å². The molecule has 0 aliphatic carbocycles. The molecular formula is C22H23F2N5O2S. The Bertz CT molecular complexity index is 1100. The third-order valence-corrected chi connectivity index (χ3v) is 5.80. The van der Waals surface area contributed by atoms with E-state index in [0.29, 0.717) is 16.6 Å². The maximum absolute atomic E-state index is 13.4. The quantitative estimate of drug-likeness (QED) is 0.465. The van der Waals surface area contributed by atoms with Gasteiger partial charge in [0.15, 0.2) is 11.6 Å². The van der Waals surface area contributed by atoms with Crippen LogP contribution in [-0.4, -0.2) is 28.2 Å². The molecule has 0 fully saturated rings. The van der Waals surface area contributed by atoms with E-state index in [1.807, 2.05) is 45.0 Å². The second-order valence-corrected chi connectivity index (χ2v) is 8.34. The zero-order chi connectivity index (χ0) is 23.3. The number of aromatic nitrogens is 2. The first-order valence-corrected chi connectivity index (χ1v) is 10.8. The number of carbonyl (C=O) groups excluding carboxylic acids is 2. The molecule has 32 heavy (non-hydrogen) atoms. The van der Waals surface area contributed by atoms with Crippen LogP contribution in [0.1, 0.15) is 25.8 Å². The van der Waals surface area contributed by atoms with E-state index in [2.05, 4.69) is 26.1 Å². The van der Waals surface area contributed by atoms with Crippen molar-refractivity contribution in [1.29, 1.82) is 0 Å². The summed E-state index contributed by atoms with van der Waals surface area (Å²) >= 11 is 1.22. The number of nitrogens with one attached hydrogen (secondary N) is 3. The van der Waals surface area contributed by atoms with E-state index in [-0.39, 0.29) is 11.6 Å². The molecule has 1 aromatic heterocycles. The minimum absolute atomic E-state index is 0.0663. The van der Waals surface area contributed by atoms with Crippen LogP contribution in [0.4, 0.5) is 24.4 Å². The molecule has 0 saturated heterocycles. The second kappa shape index (κ2) is 10.3. The summed E-state index contributed by atoms with van der Waals surface area (Å²) in [6, 6.07) is 9.18. The molecular weight excluding hydrogens is 436 g/mol. The van der Waals surface area contributed by atoms with Crippen LogP contribution in [0.3, 0.4) is 0 Å². The molecule has 3 amide bonds. The van der Waals surface area contributed by atoms with Gasteiger partial charge in [-0.1, -0.05) is 61.4 Å². The van der Waals surface area contributed by atoms with Crippen molar-refractivity contribution in [3.8, 4) is 10.6 Å². The normalized spacial score (nSPS) is 12.7. The molecule has 3 N–H and O–H groups in total. The first-order valence-electron chi connectivity index (χ1n) is 10.0. The van der Waals surface area contributed by atoms with Crippen molar-refractivity contribution in [3.63, 3.8) is 0 Å². The summed E-state index contributed by atoms with van der Waals surface area (Å²) in [4.78, 5) is 25.2. The van der Waals surface area contributed by atoms with Crippen molar-refractivity contribution < 1.29 is 18.4 Å². The van der Waals surface area contributed by atoms with E-state index in [1.165, 1.54) is 17.4 Å². The molecule has 0 saturated carbocycles. The second-order valence-electron chi connectivity index (χ2n) is 7.36. The monoisotopic (exact) mass is 459 g/mol. The van der Waals surface area contributed by atoms with E-state index in [1.54, 1.807) is 0 Å². The molecule has 10 heteroatoms. The number of carbonyl (C=O) groups is 2. The Morgan fingerprint density at radius 2 is 1.75 bits per heavy atom. The van der Waals surface area contributed by atoms with E-state index in [9.17, 15) is 18.4 Å². The number of halogens is 2. The zero-order valence-electron chi connectivity index (χ0n) is 17.8. The highest BCUT2D eigenvalue weighted by molar-refractivity contribution is 7.18. The zero-order valence-corrected chi connectivity index (χ0v) is 18.6. The highest BCUT2D eigenvalue weighted by Crippen LogP contribution is 2.27. The minimum atomic E-state index is -1.08. The third-order valence-electron chi connectivity index (χ3n) is 4.91. The number of hydrogen-bond donors (Lipinski definition) is 3. The number of hydrogen-bond acceptors (Lipinski definition) is 5. The van der Waals surface area contributed by atoms with Crippen molar-refractivity contribution in [3.05, 3.63) is 59.7 Å². The number of nitrogens with zero attached hydrogens (tertiary/aromatic N) is 2. The third kappa shape index (κ3) is 5.85. The largest absolute Gasteiger partial charge is 0.326 e. The van der Waals surface area contributed by atoms with Gasteiger partial charge in [-0.2, -0.15) is 0 Å². The summed E-state index contributed by atoms with van der Waals surface area (Å²) in [5.74, 6) is -2.75. The smallest absolute Gasteiger partial charge is 0.319 e. The summed E-state index contributed by atoms with van der Waals surface area (Å²) in [6.07, 6.45) is 0.619. The van der Waals surface area contributed by atoms with Crippen molar-refractivity contribution in [1.82, 2.24) is 15.5 Å². The predicted octanol–water partition coefficient (Wildman–Crippen LogP) is 4.97. The van der Waals surface area contributed by atoms with Gasteiger partial charge < -0.3 is 10.6 Å². The summed E-state index contributed by atoms with van der Waals surface area (Å²) in [6.45, 7) is 5.69. The number of urea groups is 1. The Balaban J connectivity index is 1.67. The van der Waals surface area contributed by atoms with Gasteiger partial charge in [0.1, 0.15) is 11.0 Å². The van der Waals surface area contributed by atoms with Gasteiger partial charge in [0.25, 0.3) is 0 Å². The van der Waals surface area contributed by atoms with Crippen LogP contribution in [0.15, 0.2) is 42.5 Å². The van der Waals surface area contributed by atoms with Gasteiger partial charge in [-0.3, -0.25) is 10.1 Å². The van der Waals surface area contributed by atoms with Crippen LogP contribution in [0.2, 0.25) is 0 Å². The Morgan fingerprint density at radius 3 is 2.41 bits per heavy atom. The van der Waals surface area contributed by atoms with Crippen LogP contribution >= 0.6 is 11.3 Å². The number of rotatable bonds is 7. The van der Waals surface area contributed by atoms with Crippen LogP contribution in [0.25, 0.3) is 10.6 Å². The van der Waals surface area contributed by atoms with E-state index < -0.39 is 29.6 Å². The SMILES string of the molecule is CCC(C)C(NC(=O)Nc1ccc(F)c(F)c1)C(=O)Nc1nnc(-c2ccc(C)cc2)s1. The lowest BCUT2D eigenvalue weighted by atomic mass is 9.98. The molecule has 2 aromatic carbocycles. The van der Waals surface area contributed by atoms with Crippen molar-refractivity contribution in [2.45, 2.75) is 33.2 Å². The molecule has 3 rings (SSSR count). The van der Waals surface area contributed by atoms with Crippen molar-refractivity contribution in [2.24, 2.45) is 5.92 Å². The van der Waals surface area contributed by atoms with Crippen molar-refractivity contribution in [2.75, 3.05) is 10.6 Å². The Labute approximate surface area is 188 Å². The van der Waals surface area contributed by atoms with Crippen LogP contribution in [0, 0.1) is 24.5 Å². The van der Waals surface area contributed by atoms with E-state index in [4.69, 9.17) is 0 Å². The molecule has 0 radical (unpaired) electrons. The van der Waals surface area contributed by atoms with Crippen molar-refractivity contribution >= 4 is 34.1 Å². The van der Waals surface area contributed by atoms with Gasteiger partial charge in [0.2, 0.25) is 11.0 Å². The average molecular weight is 460 g/mol. The highest BCUT2D eigenvalue weighted by atomic mass is 32.1. The van der Waals surface area contributed by atoms with Crippen LogP contribution in [-0.2, 0) is 4.79 Å². The van der Waals surface area contributed by atoms with E-state index in [0.717, 1.165) is 23.3 Å². The fourth-order valence-corrected chi connectivity index (χ4v) is 3.61. The molecule has 7 nitrogen and oxygen atoms in total. The fraction of sp³-hybridized carbons (Fsp3) is 0.273. The van der Waals surface area contributed by atoms with Gasteiger partial charge in [0.05, 0.1) is 0 Å². The maximum Gasteiger partial charge on any atom is 0.319 e.